The largest absolute Gasteiger partial charge is 1.00 e. The minimum absolute atomic E-state index is 0. The van der Waals surface area contributed by atoms with Crippen molar-refractivity contribution in [3.05, 3.63) is 157 Å². The standard InChI is InChI=1S/2C26H25.C2H6Si.2ClH.Zr/c2*1-2-7-19(8-3-1)15-20-16-23-11-6-12-25(26(23)17-20)24-14-13-21-9-4-5-10-22(21)18-24;1-3-2;;;/h2*4-6,9-14,16-19H,1-3,7-8,15H2;1-2H3;2*1H;/q2*-1;;;;+2/p-2. The maximum absolute atomic E-state index is 2.45. The minimum atomic E-state index is 0. The van der Waals surface area contributed by atoms with Crippen molar-refractivity contribution >= 4 is 48.5 Å². The van der Waals surface area contributed by atoms with Crippen LogP contribution in [0.1, 0.15) is 75.3 Å². The molecule has 10 rings (SSSR count). The van der Waals surface area contributed by atoms with Crippen LogP contribution in [-0.2, 0) is 36.2 Å². The molecule has 2 saturated carbocycles. The van der Waals surface area contributed by atoms with Crippen LogP contribution in [0.2, 0.25) is 13.1 Å². The molecule has 2 aliphatic rings. The summed E-state index contributed by atoms with van der Waals surface area (Å²) in [5, 5.41) is 10.9. The topological polar surface area (TPSA) is 0 Å². The second-order valence-electron chi connectivity index (χ2n) is 16.9. The summed E-state index contributed by atoms with van der Waals surface area (Å²) in [5.74, 6) is 1.79. The molecule has 296 valence electrons. The van der Waals surface area contributed by atoms with Crippen LogP contribution in [0.4, 0.5) is 0 Å². The van der Waals surface area contributed by atoms with E-state index in [1.165, 1.54) is 154 Å². The van der Waals surface area contributed by atoms with Crippen LogP contribution in [0.15, 0.2) is 146 Å². The van der Waals surface area contributed by atoms with Gasteiger partial charge in [-0.1, -0.05) is 160 Å². The Morgan fingerprint density at radius 3 is 1.24 bits per heavy atom. The molecule has 0 atom stereocenters. The predicted molar refractivity (Wildman–Crippen MR) is 243 cm³/mol. The van der Waals surface area contributed by atoms with Crippen LogP contribution in [-0.4, -0.2) is 5.43 Å². The van der Waals surface area contributed by atoms with E-state index in [1.807, 2.05) is 0 Å². The molecule has 0 aromatic heterocycles. The summed E-state index contributed by atoms with van der Waals surface area (Å²) in [4.78, 5) is 0. The van der Waals surface area contributed by atoms with Gasteiger partial charge in [-0.25, -0.2) is 0 Å². The summed E-state index contributed by atoms with van der Waals surface area (Å²) in [5.41, 5.74) is 8.64. The number of halogens is 2. The molecule has 0 saturated heterocycles. The average Bonchev–Trinajstić information content (AvgIpc) is 3.84. The SMILES string of the molecule is C[Si](C)=[Zr+2].[Cl-].[Cl-].c1ccc2cc(-c3cccc4[cH-]c(CC5CCCCC5)cc34)ccc2c1.c1ccc2cc(-c3cccc4[cH-]c(CC5CCCCC5)cc34)ccc2c1. The van der Waals surface area contributed by atoms with Crippen molar-refractivity contribution in [2.75, 3.05) is 0 Å². The first-order valence-corrected chi connectivity index (χ1v) is 27.5. The monoisotopic (exact) mass is 892 g/mol. The van der Waals surface area contributed by atoms with E-state index in [4.69, 9.17) is 0 Å². The second-order valence-corrected chi connectivity index (χ2v) is 26.3. The molecule has 8 aromatic carbocycles. The predicted octanol–water partition coefficient (Wildman–Crippen LogP) is 9.80. The van der Waals surface area contributed by atoms with E-state index in [2.05, 4.69) is 159 Å². The van der Waals surface area contributed by atoms with Crippen molar-refractivity contribution < 1.29 is 48.1 Å². The van der Waals surface area contributed by atoms with E-state index >= 15 is 0 Å². The van der Waals surface area contributed by atoms with Crippen molar-refractivity contribution in [1.82, 2.24) is 0 Å². The van der Waals surface area contributed by atoms with Crippen LogP contribution >= 0.6 is 0 Å². The molecule has 0 N–H and O–H groups in total. The summed E-state index contributed by atoms with van der Waals surface area (Å²) in [6.07, 6.45) is 16.7. The zero-order valence-corrected chi connectivity index (χ0v) is 39.2. The van der Waals surface area contributed by atoms with Crippen molar-refractivity contribution in [2.45, 2.75) is 90.1 Å². The molecule has 0 bridgehead atoms. The molecule has 0 nitrogen and oxygen atoms in total. The fourth-order valence-corrected chi connectivity index (χ4v) is 9.50. The van der Waals surface area contributed by atoms with Gasteiger partial charge in [-0.15, -0.1) is 69.1 Å². The Balaban J connectivity index is 0.000000174. The van der Waals surface area contributed by atoms with Gasteiger partial charge in [0.25, 0.3) is 0 Å². The number of fused-ring (bicyclic) bond motifs is 4. The van der Waals surface area contributed by atoms with Crippen LogP contribution in [0.5, 0.6) is 0 Å². The first-order chi connectivity index (χ1) is 27.5. The molecule has 0 unspecified atom stereocenters. The fraction of sp³-hybridized carbons (Fsp3) is 0.296. The van der Waals surface area contributed by atoms with E-state index in [9.17, 15) is 0 Å². The summed E-state index contributed by atoms with van der Waals surface area (Å²) in [6, 6.07) is 54.2. The summed E-state index contributed by atoms with van der Waals surface area (Å²) < 4.78 is 0. The molecular weight excluding hydrogens is 839 g/mol. The Morgan fingerprint density at radius 1 is 0.466 bits per heavy atom. The molecule has 0 aliphatic heterocycles. The average molecular weight is 895 g/mol. The normalized spacial score (nSPS) is 14.6. The smallest absolute Gasteiger partial charge is 0.0178 e. The molecule has 4 heteroatoms. The number of hydrogen-bond acceptors (Lipinski definition) is 0. The third kappa shape index (κ3) is 11.1. The van der Waals surface area contributed by atoms with Crippen LogP contribution < -0.4 is 24.8 Å². The molecule has 2 aliphatic carbocycles. The first-order valence-electron chi connectivity index (χ1n) is 21.3. The zero-order chi connectivity index (χ0) is 38.3. The molecule has 2 fully saturated rings. The van der Waals surface area contributed by atoms with Crippen LogP contribution in [0.25, 0.3) is 65.3 Å². The van der Waals surface area contributed by atoms with Crippen molar-refractivity contribution in [2.24, 2.45) is 11.8 Å². The molecule has 58 heavy (non-hydrogen) atoms. The third-order valence-corrected chi connectivity index (χ3v) is 12.2. The van der Waals surface area contributed by atoms with Crippen LogP contribution in [0, 0.1) is 11.8 Å². The summed E-state index contributed by atoms with van der Waals surface area (Å²) in [6.45, 7) is 4.62. The van der Waals surface area contributed by atoms with Crippen molar-refractivity contribution in [3.63, 3.8) is 0 Å². The Morgan fingerprint density at radius 2 is 0.845 bits per heavy atom. The summed E-state index contributed by atoms with van der Waals surface area (Å²) >= 11 is 1.74. The van der Waals surface area contributed by atoms with Crippen molar-refractivity contribution in [3.8, 4) is 22.3 Å². The Kier molecular flexibility index (Phi) is 16.3. The van der Waals surface area contributed by atoms with Gasteiger partial charge in [0.05, 0.1) is 0 Å². The van der Waals surface area contributed by atoms with E-state index in [-0.39, 0.29) is 30.2 Å². The molecular formula is C54H56Cl2SiZr-2. The van der Waals surface area contributed by atoms with Crippen LogP contribution in [0.3, 0.4) is 0 Å². The van der Waals surface area contributed by atoms with Gasteiger partial charge in [0.1, 0.15) is 0 Å². The maximum atomic E-state index is 2.45. The quantitative estimate of drug-likeness (QED) is 0.115. The minimum Gasteiger partial charge on any atom is -1.00 e. The summed E-state index contributed by atoms with van der Waals surface area (Å²) in [7, 11) is 0. The molecule has 0 radical (unpaired) electrons. The molecule has 0 spiro atoms. The fourth-order valence-electron chi connectivity index (χ4n) is 9.50. The van der Waals surface area contributed by atoms with E-state index in [0.29, 0.717) is 0 Å². The van der Waals surface area contributed by atoms with Gasteiger partial charge in [0, 0.05) is 0 Å². The van der Waals surface area contributed by atoms with Gasteiger partial charge >= 0.3 is 41.9 Å². The van der Waals surface area contributed by atoms with Gasteiger partial charge in [-0.3, -0.25) is 0 Å². The first kappa shape index (κ1) is 44.3. The molecule has 0 amide bonds. The number of rotatable bonds is 6. The maximum Gasteiger partial charge on any atom is -0.0178 e. The number of benzene rings is 6. The number of hydrogen-bond donors (Lipinski definition) is 0. The van der Waals surface area contributed by atoms with Gasteiger partial charge in [-0.05, 0) is 69.5 Å². The zero-order valence-electron chi connectivity index (χ0n) is 34.3. The van der Waals surface area contributed by atoms with E-state index < -0.39 is 0 Å². The third-order valence-electron chi connectivity index (χ3n) is 12.2. The van der Waals surface area contributed by atoms with E-state index in [1.54, 1.807) is 23.3 Å². The van der Waals surface area contributed by atoms with Gasteiger partial charge in [0.15, 0.2) is 0 Å². The molecule has 0 heterocycles. The Labute approximate surface area is 374 Å². The Hall–Kier alpha value is -3.26. The van der Waals surface area contributed by atoms with Gasteiger partial charge in [0.2, 0.25) is 0 Å². The Bertz CT molecular complexity index is 2390. The second kappa shape index (κ2) is 21.3. The molecule has 8 aromatic rings. The van der Waals surface area contributed by atoms with E-state index in [0.717, 1.165) is 11.8 Å². The van der Waals surface area contributed by atoms with Gasteiger partial charge < -0.3 is 24.8 Å². The van der Waals surface area contributed by atoms with Crippen molar-refractivity contribution in [1.29, 1.82) is 0 Å². The van der Waals surface area contributed by atoms with Gasteiger partial charge in [-0.2, -0.15) is 12.1 Å².